The van der Waals surface area contributed by atoms with Crippen LogP contribution in [0.2, 0.25) is 0 Å². The van der Waals surface area contributed by atoms with E-state index in [9.17, 15) is 4.79 Å². The van der Waals surface area contributed by atoms with Crippen LogP contribution in [0.5, 0.6) is 5.75 Å². The summed E-state index contributed by atoms with van der Waals surface area (Å²) in [6, 6.07) is 8.20. The second-order valence-corrected chi connectivity index (χ2v) is 6.91. The minimum atomic E-state index is -0.450. The normalized spacial score (nSPS) is 17.0. The Kier molecular flexibility index (Phi) is 5.68. The highest BCUT2D eigenvalue weighted by Crippen LogP contribution is 2.26. The first-order chi connectivity index (χ1) is 9.99. The van der Waals surface area contributed by atoms with Crippen molar-refractivity contribution in [2.75, 3.05) is 0 Å². The Balaban J connectivity index is 2.03. The smallest absolute Gasteiger partial charge is 0.263 e. The molecule has 0 aliphatic heterocycles. The van der Waals surface area contributed by atoms with Gasteiger partial charge in [-0.2, -0.15) is 0 Å². The van der Waals surface area contributed by atoms with Gasteiger partial charge >= 0.3 is 0 Å². The molecule has 1 unspecified atom stereocenters. The van der Waals surface area contributed by atoms with Crippen molar-refractivity contribution in [1.29, 1.82) is 0 Å². The predicted molar refractivity (Wildman–Crippen MR) is 88.5 cm³/mol. The highest BCUT2D eigenvalue weighted by molar-refractivity contribution is 9.10. The van der Waals surface area contributed by atoms with E-state index in [0.717, 1.165) is 23.1 Å². The van der Waals surface area contributed by atoms with Crippen LogP contribution >= 0.6 is 15.9 Å². The van der Waals surface area contributed by atoms with E-state index in [1.54, 1.807) is 0 Å². The summed E-state index contributed by atoms with van der Waals surface area (Å²) in [4.78, 5) is 14.8. The fourth-order valence-electron chi connectivity index (χ4n) is 3.02. The van der Waals surface area contributed by atoms with E-state index in [1.807, 2.05) is 36.1 Å². The van der Waals surface area contributed by atoms with Crippen molar-refractivity contribution in [2.24, 2.45) is 0 Å². The number of ether oxygens (including phenoxy) is 1. The third-order valence-electron chi connectivity index (χ3n) is 4.00. The molecule has 0 spiro atoms. The van der Waals surface area contributed by atoms with Crippen LogP contribution in [-0.2, 0) is 4.79 Å². The van der Waals surface area contributed by atoms with E-state index < -0.39 is 6.10 Å². The lowest BCUT2D eigenvalue weighted by Crippen LogP contribution is -2.49. The van der Waals surface area contributed by atoms with Crippen molar-refractivity contribution in [1.82, 2.24) is 4.90 Å². The number of nitrogens with zero attached hydrogens (tertiary/aromatic N) is 1. The highest BCUT2D eigenvalue weighted by atomic mass is 79.9. The maximum atomic E-state index is 12.7. The molecule has 1 fully saturated rings. The molecule has 0 N–H and O–H groups in total. The average molecular weight is 354 g/mol. The number of amides is 1. The highest BCUT2D eigenvalue weighted by Gasteiger charge is 2.32. The van der Waals surface area contributed by atoms with E-state index in [4.69, 9.17) is 4.74 Å². The van der Waals surface area contributed by atoms with Crippen LogP contribution in [0.3, 0.4) is 0 Å². The molecule has 1 aliphatic carbocycles. The molecule has 1 saturated carbocycles. The average Bonchev–Trinajstić information content (AvgIpc) is 2.94. The second-order valence-electron chi connectivity index (χ2n) is 5.99. The Morgan fingerprint density at radius 3 is 2.29 bits per heavy atom. The zero-order valence-corrected chi connectivity index (χ0v) is 14.6. The molecule has 0 heterocycles. The predicted octanol–water partition coefficient (Wildman–Crippen LogP) is 4.40. The first-order valence-electron chi connectivity index (χ1n) is 7.73. The van der Waals surface area contributed by atoms with Crippen LogP contribution in [0.4, 0.5) is 0 Å². The summed E-state index contributed by atoms with van der Waals surface area (Å²) in [5, 5.41) is 0. The zero-order valence-electron chi connectivity index (χ0n) is 13.0. The molecule has 4 heteroatoms. The van der Waals surface area contributed by atoms with Gasteiger partial charge in [0.25, 0.3) is 5.91 Å². The van der Waals surface area contributed by atoms with Crippen molar-refractivity contribution in [3.8, 4) is 5.75 Å². The second kappa shape index (κ2) is 7.30. The molecule has 1 amide bonds. The molecule has 1 aromatic carbocycles. The van der Waals surface area contributed by atoms with Gasteiger partial charge in [-0.05, 0) is 57.9 Å². The summed E-state index contributed by atoms with van der Waals surface area (Å²) in [7, 11) is 0. The monoisotopic (exact) mass is 353 g/mol. The molecule has 3 nitrogen and oxygen atoms in total. The largest absolute Gasteiger partial charge is 0.481 e. The first kappa shape index (κ1) is 16.3. The molecular formula is C17H24BrNO2. The fourth-order valence-corrected chi connectivity index (χ4v) is 3.28. The zero-order chi connectivity index (χ0) is 15.4. The van der Waals surface area contributed by atoms with Gasteiger partial charge in [0, 0.05) is 16.6 Å². The lowest BCUT2D eigenvalue weighted by molar-refractivity contribution is -0.142. The van der Waals surface area contributed by atoms with Gasteiger partial charge in [-0.1, -0.05) is 28.8 Å². The van der Waals surface area contributed by atoms with Gasteiger partial charge in [0.1, 0.15) is 5.75 Å². The topological polar surface area (TPSA) is 29.5 Å². The lowest BCUT2D eigenvalue weighted by Gasteiger charge is -2.34. The Hall–Kier alpha value is -1.03. The Bertz CT molecular complexity index is 466. The van der Waals surface area contributed by atoms with Gasteiger partial charge in [0.2, 0.25) is 0 Å². The summed E-state index contributed by atoms with van der Waals surface area (Å²) in [5.74, 6) is 0.828. The van der Waals surface area contributed by atoms with Crippen molar-refractivity contribution >= 4 is 21.8 Å². The van der Waals surface area contributed by atoms with Crippen molar-refractivity contribution in [3.63, 3.8) is 0 Å². The van der Waals surface area contributed by atoms with E-state index in [1.165, 1.54) is 12.8 Å². The molecule has 0 aromatic heterocycles. The number of carbonyl (C=O) groups excluding carboxylic acids is 1. The van der Waals surface area contributed by atoms with Gasteiger partial charge in [0.05, 0.1) is 0 Å². The van der Waals surface area contributed by atoms with Gasteiger partial charge < -0.3 is 9.64 Å². The molecule has 0 saturated heterocycles. The van der Waals surface area contributed by atoms with Crippen LogP contribution in [0, 0.1) is 0 Å². The van der Waals surface area contributed by atoms with E-state index >= 15 is 0 Å². The molecule has 21 heavy (non-hydrogen) atoms. The minimum Gasteiger partial charge on any atom is -0.481 e. The summed E-state index contributed by atoms with van der Waals surface area (Å²) in [5.41, 5.74) is 0. The van der Waals surface area contributed by atoms with Crippen LogP contribution in [0.1, 0.15) is 46.5 Å². The maximum absolute atomic E-state index is 12.7. The first-order valence-corrected chi connectivity index (χ1v) is 8.52. The summed E-state index contributed by atoms with van der Waals surface area (Å²) < 4.78 is 6.81. The summed E-state index contributed by atoms with van der Waals surface area (Å²) >= 11 is 3.40. The van der Waals surface area contributed by atoms with Gasteiger partial charge in [-0.15, -0.1) is 0 Å². The van der Waals surface area contributed by atoms with Gasteiger partial charge in [0.15, 0.2) is 6.10 Å². The quantitative estimate of drug-likeness (QED) is 0.785. The molecule has 2 rings (SSSR count). The Morgan fingerprint density at radius 2 is 1.76 bits per heavy atom. The summed E-state index contributed by atoms with van der Waals surface area (Å²) in [6.07, 6.45) is 4.24. The van der Waals surface area contributed by atoms with Crippen LogP contribution in [0.25, 0.3) is 0 Å². The minimum absolute atomic E-state index is 0.0971. The fraction of sp³-hybridized carbons (Fsp3) is 0.588. The number of halogens is 1. The van der Waals surface area contributed by atoms with Crippen molar-refractivity contribution in [2.45, 2.75) is 64.6 Å². The molecule has 0 radical (unpaired) electrons. The Morgan fingerprint density at radius 1 is 1.19 bits per heavy atom. The molecule has 116 valence electrons. The number of carbonyl (C=O) groups is 1. The number of rotatable bonds is 5. The third-order valence-corrected chi connectivity index (χ3v) is 4.53. The SMILES string of the molecule is CC(Oc1ccc(Br)cc1)C(=O)N(C(C)C)C1CCCC1. The van der Waals surface area contributed by atoms with Crippen LogP contribution < -0.4 is 4.74 Å². The number of hydrogen-bond donors (Lipinski definition) is 0. The van der Waals surface area contributed by atoms with E-state index in [2.05, 4.69) is 29.8 Å². The third kappa shape index (κ3) is 4.22. The molecule has 0 bridgehead atoms. The van der Waals surface area contributed by atoms with Crippen molar-refractivity contribution < 1.29 is 9.53 Å². The Labute approximate surface area is 135 Å². The summed E-state index contributed by atoms with van der Waals surface area (Å²) in [6.45, 7) is 6.01. The molecular weight excluding hydrogens is 330 g/mol. The van der Waals surface area contributed by atoms with Crippen molar-refractivity contribution in [3.05, 3.63) is 28.7 Å². The molecule has 1 aliphatic rings. The standard InChI is InChI=1S/C17H24BrNO2/c1-12(2)19(15-6-4-5-7-15)17(20)13(3)21-16-10-8-14(18)9-11-16/h8-13,15H,4-7H2,1-3H3. The van der Waals surface area contributed by atoms with Gasteiger partial charge in [-0.3, -0.25) is 4.79 Å². The van der Waals surface area contributed by atoms with E-state index in [0.29, 0.717) is 6.04 Å². The molecule has 1 atom stereocenters. The number of hydrogen-bond acceptors (Lipinski definition) is 2. The lowest BCUT2D eigenvalue weighted by atomic mass is 10.1. The van der Waals surface area contributed by atoms with E-state index in [-0.39, 0.29) is 11.9 Å². The number of benzene rings is 1. The molecule has 1 aromatic rings. The maximum Gasteiger partial charge on any atom is 0.263 e. The van der Waals surface area contributed by atoms with Gasteiger partial charge in [-0.25, -0.2) is 0 Å². The van der Waals surface area contributed by atoms with Crippen LogP contribution in [0.15, 0.2) is 28.7 Å². The van der Waals surface area contributed by atoms with Crippen LogP contribution in [-0.4, -0.2) is 29.0 Å².